The van der Waals surface area contributed by atoms with Gasteiger partial charge in [-0.2, -0.15) is 11.8 Å². The first-order chi connectivity index (χ1) is 8.26. The standard InChI is InChI=1S/C14H30N2S/c1-4-9-16-10-5-6-14(7-11-16)15-13(2)8-12-17-3/h13-15H,4-12H2,1-3H3. The average molecular weight is 258 g/mol. The second kappa shape index (κ2) is 9.23. The highest BCUT2D eigenvalue weighted by Gasteiger charge is 2.17. The summed E-state index contributed by atoms with van der Waals surface area (Å²) in [6.07, 6.45) is 8.86. The first-order valence-electron chi connectivity index (χ1n) is 7.23. The third kappa shape index (κ3) is 6.68. The van der Waals surface area contributed by atoms with E-state index >= 15 is 0 Å². The molecule has 1 heterocycles. The van der Waals surface area contributed by atoms with Gasteiger partial charge in [-0.25, -0.2) is 0 Å². The number of nitrogens with zero attached hydrogens (tertiary/aromatic N) is 1. The van der Waals surface area contributed by atoms with Gasteiger partial charge in [0.15, 0.2) is 0 Å². The molecule has 0 amide bonds. The predicted octanol–water partition coefficient (Wildman–Crippen LogP) is 2.98. The summed E-state index contributed by atoms with van der Waals surface area (Å²) < 4.78 is 0. The van der Waals surface area contributed by atoms with E-state index in [-0.39, 0.29) is 0 Å². The third-order valence-corrected chi connectivity index (χ3v) is 4.28. The van der Waals surface area contributed by atoms with Gasteiger partial charge in [0.05, 0.1) is 0 Å². The van der Waals surface area contributed by atoms with Crippen LogP contribution in [0.5, 0.6) is 0 Å². The fourth-order valence-corrected chi connectivity index (χ4v) is 3.23. The second-order valence-electron chi connectivity index (χ2n) is 5.32. The molecule has 2 atom stereocenters. The first-order valence-corrected chi connectivity index (χ1v) is 8.63. The van der Waals surface area contributed by atoms with Gasteiger partial charge < -0.3 is 10.2 Å². The molecule has 3 heteroatoms. The molecule has 2 unspecified atom stereocenters. The van der Waals surface area contributed by atoms with E-state index in [9.17, 15) is 0 Å². The van der Waals surface area contributed by atoms with E-state index in [0.29, 0.717) is 6.04 Å². The highest BCUT2D eigenvalue weighted by atomic mass is 32.2. The van der Waals surface area contributed by atoms with Crippen LogP contribution in [0.2, 0.25) is 0 Å². The highest BCUT2D eigenvalue weighted by molar-refractivity contribution is 7.98. The van der Waals surface area contributed by atoms with Crippen LogP contribution in [0.1, 0.15) is 46.0 Å². The van der Waals surface area contributed by atoms with Crippen molar-refractivity contribution in [3.05, 3.63) is 0 Å². The zero-order valence-electron chi connectivity index (χ0n) is 11.9. The van der Waals surface area contributed by atoms with Crippen LogP contribution in [-0.4, -0.2) is 48.6 Å². The quantitative estimate of drug-likeness (QED) is 0.756. The zero-order valence-corrected chi connectivity index (χ0v) is 12.7. The molecule has 102 valence electrons. The van der Waals surface area contributed by atoms with Crippen molar-refractivity contribution < 1.29 is 0 Å². The Labute approximate surface area is 112 Å². The molecule has 1 N–H and O–H groups in total. The van der Waals surface area contributed by atoms with Crippen LogP contribution in [0.15, 0.2) is 0 Å². The predicted molar refractivity (Wildman–Crippen MR) is 80.0 cm³/mol. The maximum atomic E-state index is 3.82. The molecule has 0 radical (unpaired) electrons. The van der Waals surface area contributed by atoms with Crippen LogP contribution in [0.4, 0.5) is 0 Å². The lowest BCUT2D eigenvalue weighted by Crippen LogP contribution is -2.37. The number of thioether (sulfide) groups is 1. The molecule has 0 spiro atoms. The van der Waals surface area contributed by atoms with Gasteiger partial charge in [0.2, 0.25) is 0 Å². The van der Waals surface area contributed by atoms with E-state index in [2.05, 4.69) is 30.3 Å². The van der Waals surface area contributed by atoms with Gasteiger partial charge in [-0.3, -0.25) is 0 Å². The lowest BCUT2D eigenvalue weighted by molar-refractivity contribution is 0.281. The summed E-state index contributed by atoms with van der Waals surface area (Å²) in [5.41, 5.74) is 0. The number of hydrogen-bond donors (Lipinski definition) is 1. The zero-order chi connectivity index (χ0) is 12.5. The van der Waals surface area contributed by atoms with Crippen molar-refractivity contribution in [1.82, 2.24) is 10.2 Å². The molecule has 0 bridgehead atoms. The van der Waals surface area contributed by atoms with Crippen molar-refractivity contribution in [2.75, 3.05) is 31.6 Å². The molecule has 1 fully saturated rings. The second-order valence-corrected chi connectivity index (χ2v) is 6.30. The number of likely N-dealkylation sites (tertiary alicyclic amines) is 1. The van der Waals surface area contributed by atoms with E-state index < -0.39 is 0 Å². The molecule has 0 aromatic carbocycles. The van der Waals surface area contributed by atoms with Crippen molar-refractivity contribution in [1.29, 1.82) is 0 Å². The number of rotatable bonds is 7. The lowest BCUT2D eigenvalue weighted by Gasteiger charge is -2.22. The number of nitrogens with one attached hydrogen (secondary N) is 1. The van der Waals surface area contributed by atoms with Crippen molar-refractivity contribution >= 4 is 11.8 Å². The van der Waals surface area contributed by atoms with Gasteiger partial charge in [0.1, 0.15) is 0 Å². The Kier molecular flexibility index (Phi) is 8.33. The van der Waals surface area contributed by atoms with Crippen LogP contribution in [0.25, 0.3) is 0 Å². The largest absolute Gasteiger partial charge is 0.311 e. The van der Waals surface area contributed by atoms with Crippen LogP contribution in [-0.2, 0) is 0 Å². The molecular formula is C14H30N2S. The summed E-state index contributed by atoms with van der Waals surface area (Å²) >= 11 is 1.95. The van der Waals surface area contributed by atoms with E-state index in [4.69, 9.17) is 0 Å². The molecule has 0 saturated carbocycles. The van der Waals surface area contributed by atoms with Crippen molar-refractivity contribution in [3.63, 3.8) is 0 Å². The molecule has 1 aliphatic heterocycles. The van der Waals surface area contributed by atoms with Crippen molar-refractivity contribution in [2.45, 2.75) is 58.0 Å². The maximum absolute atomic E-state index is 3.82. The fraction of sp³-hybridized carbons (Fsp3) is 1.00. The molecule has 1 saturated heterocycles. The smallest absolute Gasteiger partial charge is 0.00821 e. The van der Waals surface area contributed by atoms with E-state index in [1.807, 2.05) is 11.8 Å². The van der Waals surface area contributed by atoms with Crippen LogP contribution in [0, 0.1) is 0 Å². The Hall–Kier alpha value is 0.270. The van der Waals surface area contributed by atoms with E-state index in [1.54, 1.807) is 0 Å². The topological polar surface area (TPSA) is 15.3 Å². The Bertz CT molecular complexity index is 187. The van der Waals surface area contributed by atoms with Gasteiger partial charge in [0.25, 0.3) is 0 Å². The Morgan fingerprint density at radius 2 is 2.18 bits per heavy atom. The van der Waals surface area contributed by atoms with Crippen LogP contribution < -0.4 is 5.32 Å². The summed E-state index contributed by atoms with van der Waals surface area (Å²) in [5.74, 6) is 1.28. The van der Waals surface area contributed by atoms with Gasteiger partial charge in [0, 0.05) is 12.1 Å². The SMILES string of the molecule is CCCN1CCCC(NC(C)CCSC)CC1. The molecule has 1 aliphatic rings. The molecule has 0 aromatic heterocycles. The van der Waals surface area contributed by atoms with Crippen LogP contribution in [0.3, 0.4) is 0 Å². The van der Waals surface area contributed by atoms with E-state index in [1.165, 1.54) is 57.5 Å². The van der Waals surface area contributed by atoms with Crippen molar-refractivity contribution in [3.8, 4) is 0 Å². The minimum Gasteiger partial charge on any atom is -0.311 e. The minimum atomic E-state index is 0.685. The molecule has 0 aliphatic carbocycles. The lowest BCUT2D eigenvalue weighted by atomic mass is 10.1. The maximum Gasteiger partial charge on any atom is 0.00821 e. The van der Waals surface area contributed by atoms with E-state index in [0.717, 1.165) is 6.04 Å². The molecule has 1 rings (SSSR count). The normalized spacial score (nSPS) is 24.5. The summed E-state index contributed by atoms with van der Waals surface area (Å²) in [6.45, 7) is 8.51. The van der Waals surface area contributed by atoms with Gasteiger partial charge in [-0.1, -0.05) is 6.92 Å². The monoisotopic (exact) mass is 258 g/mol. The fourth-order valence-electron chi connectivity index (χ4n) is 2.64. The Morgan fingerprint density at radius 3 is 2.88 bits per heavy atom. The first kappa shape index (κ1) is 15.3. The van der Waals surface area contributed by atoms with Gasteiger partial charge in [-0.15, -0.1) is 0 Å². The van der Waals surface area contributed by atoms with Crippen LogP contribution >= 0.6 is 11.8 Å². The molecular weight excluding hydrogens is 228 g/mol. The average Bonchev–Trinajstić information content (AvgIpc) is 2.53. The third-order valence-electron chi connectivity index (χ3n) is 3.64. The highest BCUT2D eigenvalue weighted by Crippen LogP contribution is 2.13. The molecule has 0 aromatic rings. The van der Waals surface area contributed by atoms with Crippen molar-refractivity contribution in [2.24, 2.45) is 0 Å². The Balaban J connectivity index is 2.21. The summed E-state index contributed by atoms with van der Waals surface area (Å²) in [4.78, 5) is 2.63. The van der Waals surface area contributed by atoms with Gasteiger partial charge >= 0.3 is 0 Å². The Morgan fingerprint density at radius 1 is 1.35 bits per heavy atom. The molecule has 2 nitrogen and oxygen atoms in total. The summed E-state index contributed by atoms with van der Waals surface area (Å²) in [7, 11) is 0. The van der Waals surface area contributed by atoms with Gasteiger partial charge in [-0.05, 0) is 70.7 Å². The summed E-state index contributed by atoms with van der Waals surface area (Å²) in [5, 5.41) is 3.82. The minimum absolute atomic E-state index is 0.685. The molecule has 17 heavy (non-hydrogen) atoms. The number of hydrogen-bond acceptors (Lipinski definition) is 3. The summed E-state index contributed by atoms with van der Waals surface area (Å²) in [6, 6.07) is 1.44.